The van der Waals surface area contributed by atoms with E-state index in [-0.39, 0.29) is 5.78 Å². The second-order valence-electron chi connectivity index (χ2n) is 3.05. The van der Waals surface area contributed by atoms with Crippen LogP contribution in [0.3, 0.4) is 0 Å². The number of benzene rings is 1. The van der Waals surface area contributed by atoms with Crippen LogP contribution in [0.25, 0.3) is 6.08 Å². The van der Waals surface area contributed by atoms with E-state index in [0.717, 1.165) is 5.56 Å². The minimum absolute atomic E-state index is 0.0380. The van der Waals surface area contributed by atoms with Gasteiger partial charge in [-0.1, -0.05) is 29.3 Å². The first kappa shape index (κ1) is 11.3. The molecule has 0 saturated heterocycles. The van der Waals surface area contributed by atoms with Crippen molar-refractivity contribution in [3.05, 3.63) is 39.4 Å². The van der Waals surface area contributed by atoms with Crippen molar-refractivity contribution in [1.29, 1.82) is 0 Å². The smallest absolute Gasteiger partial charge is 0.155 e. The predicted octanol–water partition coefficient (Wildman–Crippen LogP) is 3.99. The molecule has 0 heterocycles. The van der Waals surface area contributed by atoms with Gasteiger partial charge in [-0.15, -0.1) is 0 Å². The van der Waals surface area contributed by atoms with E-state index in [9.17, 15) is 4.79 Å². The third-order valence-corrected chi connectivity index (χ3v) is 2.45. The number of allylic oxidation sites excluding steroid dienone is 1. The van der Waals surface area contributed by atoms with Crippen LogP contribution in [0.2, 0.25) is 10.0 Å². The highest BCUT2D eigenvalue weighted by atomic mass is 35.5. The van der Waals surface area contributed by atoms with Gasteiger partial charge in [0.15, 0.2) is 5.78 Å². The van der Waals surface area contributed by atoms with E-state index < -0.39 is 0 Å². The van der Waals surface area contributed by atoms with Gasteiger partial charge in [-0.2, -0.15) is 0 Å². The molecule has 0 bridgehead atoms. The van der Waals surface area contributed by atoms with Crippen LogP contribution in [-0.4, -0.2) is 5.78 Å². The van der Waals surface area contributed by atoms with Gasteiger partial charge in [-0.3, -0.25) is 4.79 Å². The largest absolute Gasteiger partial charge is 0.295 e. The molecule has 0 spiro atoms. The molecule has 0 aliphatic heterocycles. The predicted molar refractivity (Wildman–Crippen MR) is 60.8 cm³/mol. The molecule has 3 heteroatoms. The fourth-order valence-corrected chi connectivity index (χ4v) is 1.42. The maximum atomic E-state index is 11.0. The number of carbonyl (C=O) groups is 1. The monoisotopic (exact) mass is 228 g/mol. The molecular formula is C11H10Cl2O. The van der Waals surface area contributed by atoms with E-state index in [4.69, 9.17) is 23.2 Å². The highest BCUT2D eigenvalue weighted by molar-refractivity contribution is 6.35. The first-order valence-corrected chi connectivity index (χ1v) is 4.90. The van der Waals surface area contributed by atoms with Crippen LogP contribution in [-0.2, 0) is 4.79 Å². The molecule has 1 rings (SSSR count). The molecule has 0 aliphatic carbocycles. The summed E-state index contributed by atoms with van der Waals surface area (Å²) in [6.07, 6.45) is 1.75. The Balaban J connectivity index is 3.09. The summed E-state index contributed by atoms with van der Waals surface area (Å²) in [5, 5.41) is 1.14. The lowest BCUT2D eigenvalue weighted by Crippen LogP contribution is -1.90. The van der Waals surface area contributed by atoms with Crippen LogP contribution in [0.5, 0.6) is 0 Å². The van der Waals surface area contributed by atoms with Crippen molar-refractivity contribution in [2.45, 2.75) is 13.8 Å². The van der Waals surface area contributed by atoms with Gasteiger partial charge >= 0.3 is 0 Å². The van der Waals surface area contributed by atoms with Gasteiger partial charge in [-0.25, -0.2) is 0 Å². The molecule has 0 saturated carbocycles. The summed E-state index contributed by atoms with van der Waals surface area (Å²) < 4.78 is 0. The lowest BCUT2D eigenvalue weighted by atomic mass is 10.1. The van der Waals surface area contributed by atoms with E-state index in [1.54, 1.807) is 31.2 Å². The zero-order chi connectivity index (χ0) is 10.7. The number of rotatable bonds is 2. The quantitative estimate of drug-likeness (QED) is 0.701. The third-order valence-electron chi connectivity index (χ3n) is 1.89. The molecule has 0 aliphatic rings. The highest BCUT2D eigenvalue weighted by Gasteiger charge is 2.01. The Morgan fingerprint density at radius 3 is 2.43 bits per heavy atom. The molecule has 14 heavy (non-hydrogen) atoms. The molecule has 0 amide bonds. The number of hydrogen-bond donors (Lipinski definition) is 0. The zero-order valence-corrected chi connectivity index (χ0v) is 9.49. The minimum atomic E-state index is 0.0380. The maximum Gasteiger partial charge on any atom is 0.155 e. The number of halogens is 2. The van der Waals surface area contributed by atoms with E-state index in [2.05, 4.69) is 0 Å². The summed E-state index contributed by atoms with van der Waals surface area (Å²) in [6.45, 7) is 3.28. The Hall–Kier alpha value is -0.790. The molecule has 0 N–H and O–H groups in total. The van der Waals surface area contributed by atoms with Crippen LogP contribution in [0, 0.1) is 0 Å². The first-order chi connectivity index (χ1) is 6.50. The average Bonchev–Trinajstić information content (AvgIpc) is 2.09. The van der Waals surface area contributed by atoms with Crippen molar-refractivity contribution in [3.63, 3.8) is 0 Å². The van der Waals surface area contributed by atoms with Crippen LogP contribution < -0.4 is 0 Å². The number of hydrogen-bond acceptors (Lipinski definition) is 1. The van der Waals surface area contributed by atoms with E-state index in [1.807, 2.05) is 0 Å². The molecular weight excluding hydrogens is 219 g/mol. The van der Waals surface area contributed by atoms with Gasteiger partial charge < -0.3 is 0 Å². The zero-order valence-electron chi connectivity index (χ0n) is 7.97. The lowest BCUT2D eigenvalue weighted by molar-refractivity contribution is -0.113. The van der Waals surface area contributed by atoms with E-state index in [0.29, 0.717) is 15.6 Å². The summed E-state index contributed by atoms with van der Waals surface area (Å²) >= 11 is 11.7. The summed E-state index contributed by atoms with van der Waals surface area (Å²) in [5.41, 5.74) is 1.48. The van der Waals surface area contributed by atoms with Crippen molar-refractivity contribution in [3.8, 4) is 0 Å². The van der Waals surface area contributed by atoms with Crippen molar-refractivity contribution in [1.82, 2.24) is 0 Å². The number of ketones is 1. The molecule has 0 radical (unpaired) electrons. The Morgan fingerprint density at radius 2 is 1.93 bits per heavy atom. The average molecular weight is 229 g/mol. The highest BCUT2D eigenvalue weighted by Crippen LogP contribution is 2.23. The van der Waals surface area contributed by atoms with E-state index >= 15 is 0 Å². The topological polar surface area (TPSA) is 17.1 Å². The van der Waals surface area contributed by atoms with Gasteiger partial charge in [0.05, 0.1) is 0 Å². The molecule has 0 unspecified atom stereocenters. The first-order valence-electron chi connectivity index (χ1n) is 4.15. The van der Waals surface area contributed by atoms with Crippen LogP contribution in [0.1, 0.15) is 19.4 Å². The van der Waals surface area contributed by atoms with E-state index in [1.165, 1.54) is 6.92 Å². The number of Topliss-reactive ketones (excluding diaryl/α,β-unsaturated/α-hetero) is 1. The fourth-order valence-electron chi connectivity index (χ4n) is 0.953. The summed E-state index contributed by atoms with van der Waals surface area (Å²) in [7, 11) is 0. The standard InChI is InChI=1S/C11H10Cl2O/c1-7(8(2)14)5-9-3-4-10(12)6-11(9)13/h3-6H,1-2H3. The van der Waals surface area contributed by atoms with Crippen LogP contribution in [0.15, 0.2) is 23.8 Å². The molecule has 0 atom stereocenters. The molecule has 74 valence electrons. The van der Waals surface area contributed by atoms with Crippen molar-refractivity contribution >= 4 is 35.1 Å². The molecule has 1 nitrogen and oxygen atoms in total. The van der Waals surface area contributed by atoms with Crippen molar-refractivity contribution < 1.29 is 4.79 Å². The molecule has 1 aromatic rings. The van der Waals surface area contributed by atoms with Gasteiger partial charge in [-0.05, 0) is 43.2 Å². The lowest BCUT2D eigenvalue weighted by Gasteiger charge is -2.00. The van der Waals surface area contributed by atoms with Gasteiger partial charge in [0.2, 0.25) is 0 Å². The fraction of sp³-hybridized carbons (Fsp3) is 0.182. The minimum Gasteiger partial charge on any atom is -0.295 e. The Kier molecular flexibility index (Phi) is 3.73. The summed E-state index contributed by atoms with van der Waals surface area (Å²) in [6, 6.07) is 5.19. The Morgan fingerprint density at radius 1 is 1.29 bits per heavy atom. The second-order valence-corrected chi connectivity index (χ2v) is 3.89. The van der Waals surface area contributed by atoms with Crippen LogP contribution >= 0.6 is 23.2 Å². The van der Waals surface area contributed by atoms with Crippen molar-refractivity contribution in [2.24, 2.45) is 0 Å². The summed E-state index contributed by atoms with van der Waals surface area (Å²) in [5.74, 6) is 0.0380. The van der Waals surface area contributed by atoms with Gasteiger partial charge in [0.1, 0.15) is 0 Å². The Bertz CT molecular complexity index is 394. The normalized spacial score (nSPS) is 11.6. The SMILES string of the molecule is CC(=O)C(C)=Cc1ccc(Cl)cc1Cl. The Labute approximate surface area is 93.3 Å². The van der Waals surface area contributed by atoms with Crippen molar-refractivity contribution in [2.75, 3.05) is 0 Å². The summed E-state index contributed by atoms with van der Waals surface area (Å²) in [4.78, 5) is 11.0. The molecule has 1 aromatic carbocycles. The maximum absolute atomic E-state index is 11.0. The third kappa shape index (κ3) is 2.86. The van der Waals surface area contributed by atoms with Crippen LogP contribution in [0.4, 0.5) is 0 Å². The van der Waals surface area contributed by atoms with Gasteiger partial charge in [0.25, 0.3) is 0 Å². The molecule has 0 aromatic heterocycles. The number of carbonyl (C=O) groups excluding carboxylic acids is 1. The molecule has 0 fully saturated rings. The second kappa shape index (κ2) is 4.63. The van der Waals surface area contributed by atoms with Gasteiger partial charge in [0, 0.05) is 10.0 Å².